The second-order valence-corrected chi connectivity index (χ2v) is 7.92. The fraction of sp³-hybridized carbons (Fsp3) is 0.545. The third kappa shape index (κ3) is 8.92. The van der Waals surface area contributed by atoms with Crippen molar-refractivity contribution in [2.24, 2.45) is 10.7 Å². The van der Waals surface area contributed by atoms with Crippen LogP contribution in [0.1, 0.15) is 41.9 Å². The number of rotatable bonds is 10. The lowest BCUT2D eigenvalue weighted by atomic mass is 9.90. The monoisotopic (exact) mass is 533 g/mol. The number of halogens is 3. The molecule has 196 valence electrons. The van der Waals surface area contributed by atoms with E-state index in [0.717, 1.165) is 36.6 Å². The predicted molar refractivity (Wildman–Crippen MR) is 139 cm³/mol. The summed E-state index contributed by atoms with van der Waals surface area (Å²) in [5.74, 6) is 0.396. The number of aromatic nitrogens is 2. The fourth-order valence-corrected chi connectivity index (χ4v) is 3.78. The number of nitrogens with zero attached hydrogens (tertiary/aromatic N) is 3. The summed E-state index contributed by atoms with van der Waals surface area (Å²) >= 11 is 0. The minimum absolute atomic E-state index is 0. The fourth-order valence-electron chi connectivity index (χ4n) is 3.78. The number of hydrogen-bond acceptors (Lipinski definition) is 7. The Morgan fingerprint density at radius 1 is 1.23 bits per heavy atom. The molecule has 0 bridgehead atoms. The van der Waals surface area contributed by atoms with Crippen LogP contribution < -0.4 is 21.8 Å². The van der Waals surface area contributed by atoms with Gasteiger partial charge < -0.3 is 21.1 Å². The van der Waals surface area contributed by atoms with Gasteiger partial charge in [-0.05, 0) is 31.9 Å². The Hall–Kier alpha value is -2.47. The first-order valence-electron chi connectivity index (χ1n) is 11.1. The van der Waals surface area contributed by atoms with Crippen molar-refractivity contribution >= 4 is 53.4 Å². The number of alkyl halides is 1. The van der Waals surface area contributed by atoms with Crippen molar-refractivity contribution in [3.63, 3.8) is 0 Å². The van der Waals surface area contributed by atoms with Gasteiger partial charge in [0.25, 0.3) is 5.91 Å². The lowest BCUT2D eigenvalue weighted by Gasteiger charge is -2.30. The van der Waals surface area contributed by atoms with Gasteiger partial charge >= 0.3 is 0 Å². The number of carbonyl (C=O) groups is 1. The highest BCUT2D eigenvalue weighted by Crippen LogP contribution is 2.28. The van der Waals surface area contributed by atoms with Crippen molar-refractivity contribution in [1.82, 2.24) is 20.8 Å². The summed E-state index contributed by atoms with van der Waals surface area (Å²) in [4.78, 5) is 31.0. The molecule has 35 heavy (non-hydrogen) atoms. The highest BCUT2D eigenvalue weighted by Gasteiger charge is 2.26. The van der Waals surface area contributed by atoms with E-state index in [2.05, 4.69) is 31.1 Å². The predicted octanol–water partition coefficient (Wildman–Crippen LogP) is 2.69. The van der Waals surface area contributed by atoms with E-state index in [4.69, 9.17) is 15.3 Å². The summed E-state index contributed by atoms with van der Waals surface area (Å²) in [6, 6.07) is 5.64. The maximum Gasteiger partial charge on any atom is 0.289 e. The van der Waals surface area contributed by atoms with E-state index < -0.39 is 6.67 Å². The number of nitrogens with two attached hydrogens (primary N) is 1. The number of hydroxylamine groups is 1. The Balaban J connectivity index is 0.00000306. The zero-order valence-corrected chi connectivity index (χ0v) is 21.5. The molecule has 1 saturated carbocycles. The molecule has 0 spiro atoms. The van der Waals surface area contributed by atoms with Crippen LogP contribution in [0.2, 0.25) is 0 Å². The maximum absolute atomic E-state index is 12.6. The lowest BCUT2D eigenvalue weighted by molar-refractivity contribution is 0.0721. The van der Waals surface area contributed by atoms with E-state index in [1.54, 1.807) is 7.11 Å². The van der Waals surface area contributed by atoms with E-state index in [9.17, 15) is 9.18 Å². The number of aryl methyl sites for hydroxylation is 1. The molecule has 5 N–H and O–H groups in total. The number of guanidine groups is 1. The minimum Gasteiger partial charge on any atom is -0.383 e. The Labute approximate surface area is 216 Å². The van der Waals surface area contributed by atoms with Crippen LogP contribution in [0.4, 0.5) is 10.2 Å². The Morgan fingerprint density at radius 2 is 2.00 bits per heavy atom. The largest absolute Gasteiger partial charge is 0.383 e. The first-order valence-corrected chi connectivity index (χ1v) is 11.1. The molecule has 0 saturated heterocycles. The zero-order chi connectivity index (χ0) is 23.6. The minimum atomic E-state index is -0.616. The summed E-state index contributed by atoms with van der Waals surface area (Å²) in [6.07, 6.45) is 3.73. The van der Waals surface area contributed by atoms with Crippen LogP contribution >= 0.6 is 24.8 Å². The molecule has 2 aromatic rings. The van der Waals surface area contributed by atoms with Gasteiger partial charge in [-0.2, -0.15) is 0 Å². The van der Waals surface area contributed by atoms with Gasteiger partial charge in [-0.3, -0.25) is 9.63 Å². The van der Waals surface area contributed by atoms with Gasteiger partial charge in [0.05, 0.1) is 24.2 Å². The molecule has 10 nitrogen and oxygen atoms in total. The van der Waals surface area contributed by atoms with Gasteiger partial charge in [0.15, 0.2) is 0 Å². The molecular weight excluding hydrogens is 500 g/mol. The Morgan fingerprint density at radius 3 is 2.74 bits per heavy atom. The Bertz CT molecular complexity index is 983. The number of benzene rings is 1. The van der Waals surface area contributed by atoms with Crippen LogP contribution in [0.3, 0.4) is 0 Å². The first kappa shape index (κ1) is 30.6. The number of anilines is 1. The van der Waals surface area contributed by atoms with Crippen LogP contribution in [0.5, 0.6) is 0 Å². The number of nitrogens with one attached hydrogen (secondary N) is 3. The average Bonchev–Trinajstić information content (AvgIpc) is 2.80. The molecule has 0 radical (unpaired) electrons. The molecule has 1 aliphatic carbocycles. The molecular formula is C22H34Cl2FN7O3. The van der Waals surface area contributed by atoms with Gasteiger partial charge in [0.2, 0.25) is 11.8 Å². The van der Waals surface area contributed by atoms with Crippen LogP contribution in [0, 0.1) is 6.92 Å². The number of fused-ring (bicyclic) bond motifs is 1. The van der Waals surface area contributed by atoms with E-state index in [-0.39, 0.29) is 61.2 Å². The molecule has 1 heterocycles. The molecule has 1 aromatic heterocycles. The molecule has 2 atom stereocenters. The summed E-state index contributed by atoms with van der Waals surface area (Å²) < 4.78 is 17.2. The van der Waals surface area contributed by atoms with Crippen LogP contribution in [0.25, 0.3) is 10.9 Å². The number of methoxy groups -OCH3 is 1. The van der Waals surface area contributed by atoms with Gasteiger partial charge in [-0.25, -0.2) is 24.8 Å². The van der Waals surface area contributed by atoms with E-state index >= 15 is 0 Å². The van der Waals surface area contributed by atoms with Crippen molar-refractivity contribution in [2.45, 2.75) is 44.7 Å². The third-order valence-corrected chi connectivity index (χ3v) is 5.36. The second-order valence-electron chi connectivity index (χ2n) is 7.92. The summed E-state index contributed by atoms with van der Waals surface area (Å²) in [5.41, 5.74) is 10.1. The number of ether oxygens (including phenoxy) is 1. The summed E-state index contributed by atoms with van der Waals surface area (Å²) in [5, 5.41) is 7.08. The van der Waals surface area contributed by atoms with Crippen molar-refractivity contribution in [1.29, 1.82) is 0 Å². The molecule has 3 rings (SSSR count). The van der Waals surface area contributed by atoms with Crippen LogP contribution in [-0.2, 0) is 9.57 Å². The highest BCUT2D eigenvalue weighted by molar-refractivity contribution is 5.96. The number of hydrogen-bond donors (Lipinski definition) is 4. The van der Waals surface area contributed by atoms with Crippen molar-refractivity contribution in [2.75, 3.05) is 38.9 Å². The Kier molecular flexibility index (Phi) is 13.5. The van der Waals surface area contributed by atoms with Gasteiger partial charge in [-0.1, -0.05) is 24.5 Å². The third-order valence-electron chi connectivity index (χ3n) is 5.36. The van der Waals surface area contributed by atoms with Crippen LogP contribution in [0.15, 0.2) is 23.2 Å². The topological polar surface area (TPSA) is 136 Å². The molecule has 13 heteroatoms. The molecule has 1 aliphatic rings. The van der Waals surface area contributed by atoms with Crippen LogP contribution in [-0.4, -0.2) is 67.5 Å². The van der Waals surface area contributed by atoms with E-state index in [0.29, 0.717) is 24.5 Å². The molecule has 1 aromatic carbocycles. The van der Waals surface area contributed by atoms with E-state index in [1.165, 1.54) is 0 Å². The molecule has 1 fully saturated rings. The van der Waals surface area contributed by atoms with Gasteiger partial charge in [0, 0.05) is 19.0 Å². The first-order chi connectivity index (χ1) is 16.0. The second kappa shape index (κ2) is 15.5. The number of aliphatic imine (C=N–C) groups is 1. The normalized spacial score (nSPS) is 17.7. The highest BCUT2D eigenvalue weighted by atomic mass is 35.5. The molecule has 0 aliphatic heterocycles. The average molecular weight is 534 g/mol. The quantitative estimate of drug-likeness (QED) is 0.158. The van der Waals surface area contributed by atoms with Crippen molar-refractivity contribution in [3.05, 3.63) is 29.6 Å². The number of carbonyl (C=O) groups excluding carboxylic acids is 1. The van der Waals surface area contributed by atoms with Crippen molar-refractivity contribution < 1.29 is 18.8 Å². The maximum atomic E-state index is 12.6. The van der Waals surface area contributed by atoms with Gasteiger partial charge in [-0.15, -0.1) is 24.8 Å². The SMILES string of the molecule is COCCNC(=O)c1nc(N[C@H]2CCCC[C@H]2N=C(N)NOCCF)c2cc(C)ccc2n1.Cl.Cl. The standard InChI is InChI=1S/C22H32FN7O3.2ClH/c1-14-7-8-16-15(13-14)19(29-20(26-16)21(31)25-10-12-32-2)27-17-5-3-4-6-18(17)28-22(24)30-33-11-9-23;;/h7-8,13,17-18H,3-6,9-12H2,1-2H3,(H,25,31)(H3,24,28,30)(H,26,27,29);2*1H/t17-,18+;;/m0../s1. The lowest BCUT2D eigenvalue weighted by Crippen LogP contribution is -2.40. The van der Waals surface area contributed by atoms with Gasteiger partial charge in [0.1, 0.15) is 19.1 Å². The zero-order valence-electron chi connectivity index (χ0n) is 19.9. The molecule has 1 amide bonds. The smallest absolute Gasteiger partial charge is 0.289 e. The summed E-state index contributed by atoms with van der Waals surface area (Å²) in [6.45, 7) is 2.03. The molecule has 0 unspecified atom stereocenters. The van der Waals surface area contributed by atoms with E-state index in [1.807, 2.05) is 25.1 Å². The summed E-state index contributed by atoms with van der Waals surface area (Å²) in [7, 11) is 1.57. The van der Waals surface area contributed by atoms with Crippen molar-refractivity contribution in [3.8, 4) is 0 Å². The number of amides is 1.